The fourth-order valence-electron chi connectivity index (χ4n) is 4.38. The zero-order valence-corrected chi connectivity index (χ0v) is 32.3. The van der Waals surface area contributed by atoms with Crippen LogP contribution >= 0.6 is 7.82 Å². The molecule has 0 rings (SSSR count). The molecule has 0 aromatic carbocycles. The number of hydrogen-bond acceptors (Lipinski definition) is 5. The Morgan fingerprint density at radius 1 is 0.714 bits per heavy atom. The molecule has 0 aliphatic heterocycles. The summed E-state index contributed by atoms with van der Waals surface area (Å²) in [7, 11) is 1.53. The first kappa shape index (κ1) is 46.7. The van der Waals surface area contributed by atoms with E-state index in [1.54, 1.807) is 6.08 Å². The molecule has 3 N–H and O–H groups in total. The van der Waals surface area contributed by atoms with Gasteiger partial charge in [-0.25, -0.2) is 4.57 Å². The molecule has 0 aliphatic carbocycles. The Kier molecular flexibility index (Phi) is 30.1. The van der Waals surface area contributed by atoms with Gasteiger partial charge in [0, 0.05) is 6.42 Å². The summed E-state index contributed by atoms with van der Waals surface area (Å²) in [4.78, 5) is 22.8. The number of carbonyl (C=O) groups excluding carboxylic acids is 1. The maximum Gasteiger partial charge on any atom is 0.472 e. The van der Waals surface area contributed by atoms with E-state index in [0.717, 1.165) is 89.9 Å². The van der Waals surface area contributed by atoms with Crippen LogP contribution in [0.15, 0.2) is 85.1 Å². The van der Waals surface area contributed by atoms with Crippen LogP contribution in [0.5, 0.6) is 0 Å². The number of aliphatic hydroxyl groups is 1. The monoisotopic (exact) mass is 705 g/mol. The number of unbranched alkanes of at least 4 members (excludes halogenated alkanes) is 6. The van der Waals surface area contributed by atoms with Crippen LogP contribution in [-0.2, 0) is 18.4 Å². The molecule has 0 fully saturated rings. The van der Waals surface area contributed by atoms with E-state index in [4.69, 9.17) is 9.05 Å². The van der Waals surface area contributed by atoms with E-state index in [1.807, 2.05) is 27.2 Å². The Labute approximate surface area is 299 Å². The summed E-state index contributed by atoms with van der Waals surface area (Å²) in [5.41, 5.74) is 0. The van der Waals surface area contributed by atoms with Crippen LogP contribution < -0.4 is 5.32 Å². The summed E-state index contributed by atoms with van der Waals surface area (Å²) in [6.45, 7) is 4.47. The molecule has 0 saturated heterocycles. The van der Waals surface area contributed by atoms with Gasteiger partial charge < -0.3 is 19.8 Å². The lowest BCUT2D eigenvalue weighted by Gasteiger charge is -2.25. The third-order valence-corrected chi connectivity index (χ3v) is 8.36. The quantitative estimate of drug-likeness (QED) is 0.0287. The number of phosphoric acid groups is 1. The summed E-state index contributed by atoms with van der Waals surface area (Å²) >= 11 is 0. The van der Waals surface area contributed by atoms with Gasteiger partial charge in [-0.2, -0.15) is 0 Å². The second kappa shape index (κ2) is 31.6. The predicted octanol–water partition coefficient (Wildman–Crippen LogP) is 9.46. The lowest BCUT2D eigenvalue weighted by atomic mass is 10.1. The van der Waals surface area contributed by atoms with Crippen molar-refractivity contribution in [2.24, 2.45) is 0 Å². The molecule has 0 aromatic rings. The number of phosphoric ester groups is 1. The Morgan fingerprint density at radius 2 is 1.22 bits per heavy atom. The van der Waals surface area contributed by atoms with Crippen molar-refractivity contribution in [2.75, 3.05) is 40.9 Å². The predicted molar refractivity (Wildman–Crippen MR) is 207 cm³/mol. The SMILES string of the molecule is CC/C=C\C/C=C\C/C=C\C/C=C\C/C=C\C/C=C\CCCCCCC(=O)NC(COP(=O)(O)OCC[N+](C)(C)C)C(O)/C=C/CCCC. The maximum atomic E-state index is 12.7. The largest absolute Gasteiger partial charge is 0.472 e. The molecule has 0 heterocycles. The van der Waals surface area contributed by atoms with E-state index in [2.05, 4.69) is 92.1 Å². The van der Waals surface area contributed by atoms with Crippen molar-refractivity contribution in [3.8, 4) is 0 Å². The number of allylic oxidation sites excluding steroid dienone is 13. The van der Waals surface area contributed by atoms with Crippen LogP contribution in [0, 0.1) is 0 Å². The number of likely N-dealkylation sites (N-methyl/N-ethyl adjacent to an activating group) is 1. The van der Waals surface area contributed by atoms with E-state index in [0.29, 0.717) is 17.4 Å². The number of hydrogen-bond donors (Lipinski definition) is 3. The van der Waals surface area contributed by atoms with Gasteiger partial charge in [-0.15, -0.1) is 0 Å². The molecule has 49 heavy (non-hydrogen) atoms. The molecule has 0 aliphatic rings. The minimum atomic E-state index is -4.33. The molecule has 8 nitrogen and oxygen atoms in total. The summed E-state index contributed by atoms with van der Waals surface area (Å²) in [6, 6.07) is -0.860. The Hall–Kier alpha value is -2.32. The van der Waals surface area contributed by atoms with E-state index < -0.39 is 20.0 Å². The number of nitrogens with one attached hydrogen (secondary N) is 1. The summed E-state index contributed by atoms with van der Waals surface area (Å²) in [5.74, 6) is -0.217. The molecule has 9 heteroatoms. The minimum absolute atomic E-state index is 0.0495. The van der Waals surface area contributed by atoms with Gasteiger partial charge >= 0.3 is 7.82 Å². The Bertz CT molecular complexity index is 1070. The number of aliphatic hydroxyl groups excluding tert-OH is 1. The number of quaternary nitrogens is 1. The number of nitrogens with zero attached hydrogens (tertiary/aromatic N) is 1. The van der Waals surface area contributed by atoms with Crippen molar-refractivity contribution in [1.82, 2.24) is 5.32 Å². The topological polar surface area (TPSA) is 105 Å². The van der Waals surface area contributed by atoms with Crippen molar-refractivity contribution in [2.45, 2.75) is 122 Å². The van der Waals surface area contributed by atoms with Crippen LogP contribution in [0.25, 0.3) is 0 Å². The molecule has 0 bridgehead atoms. The summed E-state index contributed by atoms with van der Waals surface area (Å²) < 4.78 is 23.2. The van der Waals surface area contributed by atoms with Crippen molar-refractivity contribution >= 4 is 13.7 Å². The fourth-order valence-corrected chi connectivity index (χ4v) is 5.11. The van der Waals surface area contributed by atoms with Crippen LogP contribution in [0.1, 0.15) is 110 Å². The lowest BCUT2D eigenvalue weighted by Crippen LogP contribution is -2.45. The first-order valence-electron chi connectivity index (χ1n) is 18.5. The van der Waals surface area contributed by atoms with Gasteiger partial charge in [-0.1, -0.05) is 125 Å². The van der Waals surface area contributed by atoms with Crippen LogP contribution in [0.2, 0.25) is 0 Å². The molecule has 0 saturated carbocycles. The van der Waals surface area contributed by atoms with Gasteiger partial charge in [0.05, 0.1) is 39.9 Å². The highest BCUT2D eigenvalue weighted by atomic mass is 31.2. The smallest absolute Gasteiger partial charge is 0.387 e. The highest BCUT2D eigenvalue weighted by Crippen LogP contribution is 2.43. The zero-order valence-electron chi connectivity index (χ0n) is 31.4. The molecule has 3 atom stereocenters. The fraction of sp³-hybridized carbons (Fsp3) is 0.625. The third-order valence-electron chi connectivity index (χ3n) is 7.37. The first-order chi connectivity index (χ1) is 23.5. The Morgan fingerprint density at radius 3 is 1.76 bits per heavy atom. The van der Waals surface area contributed by atoms with Crippen molar-refractivity contribution < 1.29 is 32.9 Å². The van der Waals surface area contributed by atoms with E-state index in [1.165, 1.54) is 0 Å². The van der Waals surface area contributed by atoms with Gasteiger partial charge in [0.1, 0.15) is 13.2 Å². The van der Waals surface area contributed by atoms with E-state index in [-0.39, 0.29) is 19.1 Å². The van der Waals surface area contributed by atoms with Crippen LogP contribution in [0.3, 0.4) is 0 Å². The van der Waals surface area contributed by atoms with E-state index >= 15 is 0 Å². The van der Waals surface area contributed by atoms with Gasteiger partial charge in [0.2, 0.25) is 5.91 Å². The van der Waals surface area contributed by atoms with E-state index in [9.17, 15) is 19.4 Å². The van der Waals surface area contributed by atoms with Crippen LogP contribution in [-0.4, -0.2) is 73.4 Å². The summed E-state index contributed by atoms with van der Waals surface area (Å²) in [6.07, 6.45) is 42.8. The molecule has 0 aromatic heterocycles. The molecule has 3 unspecified atom stereocenters. The minimum Gasteiger partial charge on any atom is -0.387 e. The zero-order chi connectivity index (χ0) is 36.5. The second-order valence-electron chi connectivity index (χ2n) is 13.2. The number of carbonyl (C=O) groups is 1. The summed E-state index contributed by atoms with van der Waals surface area (Å²) in [5, 5.41) is 13.5. The normalized spacial score (nSPS) is 15.7. The van der Waals surface area contributed by atoms with Crippen LogP contribution in [0.4, 0.5) is 0 Å². The van der Waals surface area contributed by atoms with Crippen molar-refractivity contribution in [3.63, 3.8) is 0 Å². The average molecular weight is 706 g/mol. The number of amides is 1. The first-order valence-corrected chi connectivity index (χ1v) is 20.0. The lowest BCUT2D eigenvalue weighted by molar-refractivity contribution is -0.870. The molecule has 1 amide bonds. The highest BCUT2D eigenvalue weighted by molar-refractivity contribution is 7.47. The number of rotatable bonds is 31. The van der Waals surface area contributed by atoms with Gasteiger partial charge in [0.15, 0.2) is 0 Å². The Balaban J connectivity index is 4.25. The van der Waals surface area contributed by atoms with Gasteiger partial charge in [-0.05, 0) is 64.2 Å². The molecule has 0 radical (unpaired) electrons. The van der Waals surface area contributed by atoms with Crippen molar-refractivity contribution in [3.05, 3.63) is 85.1 Å². The average Bonchev–Trinajstić information content (AvgIpc) is 3.04. The maximum absolute atomic E-state index is 12.7. The third kappa shape index (κ3) is 33.9. The standard InChI is InChI=1S/C40H69N2O6P/c1-6-8-10-12-13-14-15-16-17-18-19-20-21-22-23-24-25-26-27-28-29-30-32-34-40(44)41-38(39(43)33-31-11-9-7-2)37-48-49(45,46)47-36-35-42(3,4)5/h8,10,13-14,16-17,19-20,22-23,25-26,31,33,38-39,43H,6-7,9,11-12,15,18,21,24,27-30,32,34-37H2,1-5H3,(H-,41,44,45,46)/p+1/b10-8-,14-13-,17-16-,20-19-,23-22-,26-25-,33-31+. The van der Waals surface area contributed by atoms with Gasteiger partial charge in [-0.3, -0.25) is 13.8 Å². The van der Waals surface area contributed by atoms with Crippen molar-refractivity contribution in [1.29, 1.82) is 0 Å². The molecular formula is C40H70N2O6P+. The second-order valence-corrected chi connectivity index (χ2v) is 14.7. The molecule has 280 valence electrons. The highest BCUT2D eigenvalue weighted by Gasteiger charge is 2.27. The molecular weight excluding hydrogens is 635 g/mol. The molecule has 0 spiro atoms. The van der Waals surface area contributed by atoms with Gasteiger partial charge in [0.25, 0.3) is 0 Å².